The molecule has 0 heterocycles. The van der Waals surface area contributed by atoms with E-state index in [2.05, 4.69) is 36.7 Å². The highest BCUT2D eigenvalue weighted by atomic mass is 35.5. The highest BCUT2D eigenvalue weighted by Crippen LogP contribution is 2.41. The van der Waals surface area contributed by atoms with Crippen LogP contribution >= 0.6 is 23.2 Å². The average molecular weight is 266 g/mol. The Kier molecular flexibility index (Phi) is 7.05. The lowest BCUT2D eigenvalue weighted by Gasteiger charge is -2.19. The fourth-order valence-electron chi connectivity index (χ4n) is 0.142. The molecule has 1 unspecified atom stereocenters. The minimum Gasteiger partial charge on any atom is -0.478 e. The normalized spacial score (nSPS) is 14.6. The van der Waals surface area contributed by atoms with Gasteiger partial charge in [-0.15, -0.1) is 0 Å². The molecule has 1 radical (unpaired) electrons. The molecule has 1 N–H and O–H groups in total. The van der Waals surface area contributed by atoms with Crippen molar-refractivity contribution in [3.8, 4) is 0 Å². The summed E-state index contributed by atoms with van der Waals surface area (Å²) in [5, 5.41) is 0.618. The number of alkyl halides is 5. The van der Waals surface area contributed by atoms with E-state index in [1.165, 1.54) is 6.92 Å². The van der Waals surface area contributed by atoms with Crippen molar-refractivity contribution in [3.63, 3.8) is 0 Å². The lowest BCUT2D eigenvalue weighted by atomic mass is 10.3. The molecule has 0 fully saturated rings. The van der Waals surface area contributed by atoms with Crippen LogP contribution in [0.4, 0.5) is 13.2 Å². The van der Waals surface area contributed by atoms with E-state index in [1.807, 2.05) is 0 Å². The summed E-state index contributed by atoms with van der Waals surface area (Å²) >= 11 is 8.83. The molecule has 15 heavy (non-hydrogen) atoms. The molecule has 0 aliphatic heterocycles. The number of hydrogen-bond donors (Lipinski definition) is 1. The second-order valence-corrected chi connectivity index (χ2v) is 3.61. The van der Waals surface area contributed by atoms with E-state index in [4.69, 9.17) is 5.11 Å². The maximum atomic E-state index is 12.1. The molecular formula is C8H10Cl2F3O2. The van der Waals surface area contributed by atoms with E-state index in [9.17, 15) is 18.0 Å². The molecule has 0 aromatic heterocycles. The van der Waals surface area contributed by atoms with Crippen LogP contribution in [0.1, 0.15) is 13.3 Å². The van der Waals surface area contributed by atoms with Gasteiger partial charge in [0, 0.05) is 12.0 Å². The smallest absolute Gasteiger partial charge is 0.368 e. The van der Waals surface area contributed by atoms with E-state index in [0.717, 1.165) is 0 Å². The Bertz CT molecular complexity index is 225. The molecule has 0 aliphatic rings. The second-order valence-electron chi connectivity index (χ2n) is 2.54. The summed E-state index contributed by atoms with van der Waals surface area (Å²) in [6, 6.07) is 0. The second kappa shape index (κ2) is 6.23. The van der Waals surface area contributed by atoms with Gasteiger partial charge in [0.2, 0.25) is 0 Å². The van der Waals surface area contributed by atoms with Crippen molar-refractivity contribution in [2.45, 2.75) is 23.9 Å². The Balaban J connectivity index is 0. The molecular weight excluding hydrogens is 256 g/mol. The van der Waals surface area contributed by atoms with Gasteiger partial charge in [-0.25, -0.2) is 9.18 Å². The average Bonchev–Trinajstić information content (AvgIpc) is 2.03. The van der Waals surface area contributed by atoms with Gasteiger partial charge >= 0.3 is 11.4 Å². The SMILES string of the molecule is C=C(C)C(=O)O.[CH2]CC(F)(Cl)C(F)(F)Cl. The molecule has 2 nitrogen and oxygen atoms in total. The first-order valence-electron chi connectivity index (χ1n) is 3.58. The van der Waals surface area contributed by atoms with Crippen LogP contribution in [-0.2, 0) is 4.79 Å². The lowest BCUT2D eigenvalue weighted by Crippen LogP contribution is -2.33. The number of carboxylic acid groups (broad SMARTS) is 1. The van der Waals surface area contributed by atoms with Crippen molar-refractivity contribution >= 4 is 29.2 Å². The molecule has 0 spiro atoms. The van der Waals surface area contributed by atoms with Crippen LogP contribution in [0.5, 0.6) is 0 Å². The van der Waals surface area contributed by atoms with Gasteiger partial charge in [-0.2, -0.15) is 8.78 Å². The van der Waals surface area contributed by atoms with Crippen molar-refractivity contribution in [2.24, 2.45) is 0 Å². The van der Waals surface area contributed by atoms with Gasteiger partial charge in [0.1, 0.15) is 0 Å². The van der Waals surface area contributed by atoms with Gasteiger partial charge in [-0.05, 0) is 25.4 Å². The molecule has 1 atom stereocenters. The quantitative estimate of drug-likeness (QED) is 0.626. The third kappa shape index (κ3) is 7.50. The largest absolute Gasteiger partial charge is 0.478 e. The van der Waals surface area contributed by atoms with E-state index < -0.39 is 22.9 Å². The summed E-state index contributed by atoms with van der Waals surface area (Å²) in [7, 11) is 0. The van der Waals surface area contributed by atoms with Gasteiger partial charge < -0.3 is 5.11 Å². The summed E-state index contributed by atoms with van der Waals surface area (Å²) in [4.78, 5) is 9.60. The van der Waals surface area contributed by atoms with E-state index in [-0.39, 0.29) is 5.57 Å². The number of hydrogen-bond acceptors (Lipinski definition) is 1. The third-order valence-corrected chi connectivity index (χ3v) is 1.92. The standard InChI is InChI=1S/C4H4Cl2F3.C4H6O2/c1-2-3(5,7)4(6,8)9;1-3(2)4(5)6/h1-2H2;1H2,2H3,(H,5,6). The van der Waals surface area contributed by atoms with Crippen LogP contribution in [0.25, 0.3) is 0 Å². The molecule has 89 valence electrons. The highest BCUT2D eigenvalue weighted by Gasteiger charge is 2.50. The van der Waals surface area contributed by atoms with Gasteiger partial charge in [-0.1, -0.05) is 18.2 Å². The minimum absolute atomic E-state index is 0.176. The predicted molar refractivity (Wildman–Crippen MR) is 52.9 cm³/mol. The lowest BCUT2D eigenvalue weighted by molar-refractivity contribution is -0.132. The molecule has 0 saturated heterocycles. The van der Waals surface area contributed by atoms with Crippen molar-refractivity contribution in [2.75, 3.05) is 0 Å². The minimum atomic E-state index is -4.05. The first kappa shape index (κ1) is 17.0. The van der Waals surface area contributed by atoms with Gasteiger partial charge in [-0.3, -0.25) is 0 Å². The zero-order valence-electron chi connectivity index (χ0n) is 7.87. The first-order valence-corrected chi connectivity index (χ1v) is 4.34. The molecule has 0 aromatic rings. The highest BCUT2D eigenvalue weighted by molar-refractivity contribution is 6.32. The van der Waals surface area contributed by atoms with Crippen LogP contribution in [0.2, 0.25) is 0 Å². The number of rotatable bonds is 3. The number of carbonyl (C=O) groups is 1. The van der Waals surface area contributed by atoms with Crippen molar-refractivity contribution < 1.29 is 23.1 Å². The Hall–Kier alpha value is -0.420. The number of halogens is 5. The van der Waals surface area contributed by atoms with E-state index in [0.29, 0.717) is 0 Å². The molecule has 0 amide bonds. The van der Waals surface area contributed by atoms with Crippen molar-refractivity contribution in [1.29, 1.82) is 0 Å². The summed E-state index contributed by atoms with van der Waals surface area (Å²) < 4.78 is 35.6. The molecule has 0 rings (SSSR count). The summed E-state index contributed by atoms with van der Waals surface area (Å²) in [5.41, 5.74) is 0.176. The third-order valence-electron chi connectivity index (χ3n) is 1.09. The van der Waals surface area contributed by atoms with Gasteiger partial charge in [0.15, 0.2) is 0 Å². The fourth-order valence-corrected chi connectivity index (χ4v) is 0.236. The Morgan fingerprint density at radius 2 is 1.67 bits per heavy atom. The Morgan fingerprint density at radius 1 is 1.40 bits per heavy atom. The Labute approximate surface area is 95.7 Å². The molecule has 0 saturated carbocycles. The van der Waals surface area contributed by atoms with Crippen LogP contribution in [0, 0.1) is 6.92 Å². The molecule has 7 heteroatoms. The maximum Gasteiger partial charge on any atom is 0.368 e. The summed E-state index contributed by atoms with van der Waals surface area (Å²) in [6.07, 6.45) is -0.773. The zero-order valence-corrected chi connectivity index (χ0v) is 9.38. The summed E-state index contributed by atoms with van der Waals surface area (Å²) in [6.45, 7) is 7.45. The van der Waals surface area contributed by atoms with Crippen LogP contribution in [-0.4, -0.2) is 21.6 Å². The molecule has 0 aliphatic carbocycles. The van der Waals surface area contributed by atoms with Crippen LogP contribution in [0.15, 0.2) is 12.2 Å². The Morgan fingerprint density at radius 3 is 1.67 bits per heavy atom. The van der Waals surface area contributed by atoms with Crippen LogP contribution < -0.4 is 0 Å². The molecule has 0 bridgehead atoms. The van der Waals surface area contributed by atoms with Gasteiger partial charge in [0.25, 0.3) is 5.13 Å². The fraction of sp³-hybridized carbons (Fsp3) is 0.500. The topological polar surface area (TPSA) is 37.3 Å². The summed E-state index contributed by atoms with van der Waals surface area (Å²) in [5.74, 6) is -0.935. The first-order chi connectivity index (χ1) is 6.45. The van der Waals surface area contributed by atoms with Crippen LogP contribution in [0.3, 0.4) is 0 Å². The van der Waals surface area contributed by atoms with Crippen molar-refractivity contribution in [1.82, 2.24) is 0 Å². The monoisotopic (exact) mass is 265 g/mol. The van der Waals surface area contributed by atoms with Crippen molar-refractivity contribution in [3.05, 3.63) is 19.1 Å². The number of carboxylic acids is 1. The van der Waals surface area contributed by atoms with E-state index in [1.54, 1.807) is 0 Å². The predicted octanol–water partition coefficient (Wildman–Crippen LogP) is 3.59. The van der Waals surface area contributed by atoms with E-state index >= 15 is 0 Å². The maximum absolute atomic E-state index is 12.1. The number of aliphatic carboxylic acids is 1. The van der Waals surface area contributed by atoms with Gasteiger partial charge in [0.05, 0.1) is 0 Å². The molecule has 0 aromatic carbocycles. The zero-order chi connectivity index (χ0) is 12.9.